The van der Waals surface area contributed by atoms with Crippen LogP contribution in [0.3, 0.4) is 0 Å². The topological polar surface area (TPSA) is 17.1 Å². The average Bonchev–Trinajstić information content (AvgIpc) is 2.43. The van der Waals surface area contributed by atoms with Crippen molar-refractivity contribution in [1.29, 1.82) is 0 Å². The Labute approximate surface area is 117 Å². The Morgan fingerprint density at radius 3 is 1.60 bits per heavy atom. The molecule has 0 N–H and O–H groups in total. The molecule has 2 rings (SSSR count). The summed E-state index contributed by atoms with van der Waals surface area (Å²) < 4.78 is 28.0. The second kappa shape index (κ2) is 5.95. The van der Waals surface area contributed by atoms with Crippen molar-refractivity contribution in [2.45, 2.75) is 19.8 Å². The van der Waals surface area contributed by atoms with Gasteiger partial charge in [-0.1, -0.05) is 50.2 Å². The standard InChI is InChI=1S/C17H16F2O/c1-11(2)17(20)16(12-7-3-5-9-14(12)18)13-8-4-6-10-15(13)19/h3-11,16H,1-2H3. The molecule has 2 aromatic rings. The van der Waals surface area contributed by atoms with E-state index < -0.39 is 17.6 Å². The summed E-state index contributed by atoms with van der Waals surface area (Å²) in [4.78, 5) is 12.4. The van der Waals surface area contributed by atoms with Crippen molar-refractivity contribution in [3.63, 3.8) is 0 Å². The molecule has 0 saturated carbocycles. The summed E-state index contributed by atoms with van der Waals surface area (Å²) >= 11 is 0. The van der Waals surface area contributed by atoms with Crippen LogP contribution >= 0.6 is 0 Å². The van der Waals surface area contributed by atoms with Crippen LogP contribution in [-0.4, -0.2) is 5.78 Å². The van der Waals surface area contributed by atoms with E-state index in [1.54, 1.807) is 38.1 Å². The largest absolute Gasteiger partial charge is 0.298 e. The molecule has 0 atom stereocenters. The predicted octanol–water partition coefficient (Wildman–Crippen LogP) is 4.32. The average molecular weight is 274 g/mol. The van der Waals surface area contributed by atoms with Crippen LogP contribution in [0, 0.1) is 17.6 Å². The molecule has 104 valence electrons. The molecule has 0 heterocycles. The van der Waals surface area contributed by atoms with Gasteiger partial charge in [0.15, 0.2) is 0 Å². The molecule has 0 spiro atoms. The predicted molar refractivity (Wildman–Crippen MR) is 74.5 cm³/mol. The fraction of sp³-hybridized carbons (Fsp3) is 0.235. The van der Waals surface area contributed by atoms with Gasteiger partial charge < -0.3 is 0 Å². The first-order valence-electron chi connectivity index (χ1n) is 6.55. The van der Waals surface area contributed by atoms with E-state index >= 15 is 0 Å². The lowest BCUT2D eigenvalue weighted by atomic mass is 9.83. The van der Waals surface area contributed by atoms with Crippen LogP contribution in [0.5, 0.6) is 0 Å². The summed E-state index contributed by atoms with van der Waals surface area (Å²) in [5.74, 6) is -2.39. The van der Waals surface area contributed by atoms with Crippen molar-refractivity contribution in [2.75, 3.05) is 0 Å². The maximum absolute atomic E-state index is 14.0. The number of hydrogen-bond donors (Lipinski definition) is 0. The quantitative estimate of drug-likeness (QED) is 0.811. The first-order valence-corrected chi connectivity index (χ1v) is 6.55. The lowest BCUT2D eigenvalue weighted by molar-refractivity contribution is -0.122. The number of hydrogen-bond acceptors (Lipinski definition) is 1. The molecule has 0 aliphatic carbocycles. The number of Topliss-reactive ketones (excluding diaryl/α,β-unsaturated/α-hetero) is 1. The maximum Gasteiger partial charge on any atom is 0.147 e. The van der Waals surface area contributed by atoms with Crippen molar-refractivity contribution >= 4 is 5.78 Å². The summed E-state index contributed by atoms with van der Waals surface area (Å²) in [5, 5.41) is 0. The molecule has 0 radical (unpaired) electrons. The van der Waals surface area contributed by atoms with Gasteiger partial charge in [-0.3, -0.25) is 4.79 Å². The van der Waals surface area contributed by atoms with Gasteiger partial charge >= 0.3 is 0 Å². The lowest BCUT2D eigenvalue weighted by Gasteiger charge is -2.20. The minimum absolute atomic E-state index is 0.194. The van der Waals surface area contributed by atoms with Crippen LogP contribution in [0.1, 0.15) is 30.9 Å². The summed E-state index contributed by atoms with van der Waals surface area (Å²) in [7, 11) is 0. The van der Waals surface area contributed by atoms with Gasteiger partial charge in [0.2, 0.25) is 0 Å². The SMILES string of the molecule is CC(C)C(=O)C(c1ccccc1F)c1ccccc1F. The van der Waals surface area contributed by atoms with Crippen molar-refractivity contribution in [2.24, 2.45) is 5.92 Å². The van der Waals surface area contributed by atoms with Crippen LogP contribution in [0.2, 0.25) is 0 Å². The van der Waals surface area contributed by atoms with Gasteiger partial charge in [-0.25, -0.2) is 8.78 Å². The zero-order valence-corrected chi connectivity index (χ0v) is 11.4. The summed E-state index contributed by atoms with van der Waals surface area (Å²) in [6.45, 7) is 3.47. The third-order valence-corrected chi connectivity index (χ3v) is 3.29. The van der Waals surface area contributed by atoms with Gasteiger partial charge in [0.1, 0.15) is 17.4 Å². The van der Waals surface area contributed by atoms with Crippen LogP contribution in [0.4, 0.5) is 8.78 Å². The zero-order valence-electron chi connectivity index (χ0n) is 11.4. The van der Waals surface area contributed by atoms with Crippen molar-refractivity contribution in [3.8, 4) is 0 Å². The van der Waals surface area contributed by atoms with E-state index in [4.69, 9.17) is 0 Å². The van der Waals surface area contributed by atoms with Crippen molar-refractivity contribution in [1.82, 2.24) is 0 Å². The molecular weight excluding hydrogens is 258 g/mol. The second-order valence-electron chi connectivity index (χ2n) is 5.03. The molecular formula is C17H16F2O. The molecule has 0 aliphatic heterocycles. The van der Waals surface area contributed by atoms with Gasteiger partial charge in [0.05, 0.1) is 5.92 Å². The Hall–Kier alpha value is -2.03. The van der Waals surface area contributed by atoms with Crippen LogP contribution in [0.15, 0.2) is 48.5 Å². The molecule has 0 bridgehead atoms. The molecule has 0 amide bonds. The van der Waals surface area contributed by atoms with E-state index in [1.807, 2.05) is 0 Å². The minimum Gasteiger partial charge on any atom is -0.298 e. The van der Waals surface area contributed by atoms with Crippen molar-refractivity contribution < 1.29 is 13.6 Å². The Bertz CT molecular complexity index is 574. The fourth-order valence-electron chi connectivity index (χ4n) is 2.23. The van der Waals surface area contributed by atoms with Crippen molar-refractivity contribution in [3.05, 3.63) is 71.3 Å². The van der Waals surface area contributed by atoms with Gasteiger partial charge in [0, 0.05) is 17.0 Å². The van der Waals surface area contributed by atoms with Crippen LogP contribution in [-0.2, 0) is 4.79 Å². The zero-order chi connectivity index (χ0) is 14.7. The highest BCUT2D eigenvalue weighted by Crippen LogP contribution is 2.31. The highest BCUT2D eigenvalue weighted by Gasteiger charge is 2.29. The molecule has 2 aromatic carbocycles. The van der Waals surface area contributed by atoms with E-state index in [1.165, 1.54) is 24.3 Å². The molecule has 20 heavy (non-hydrogen) atoms. The molecule has 3 heteroatoms. The maximum atomic E-state index is 14.0. The highest BCUT2D eigenvalue weighted by atomic mass is 19.1. The third-order valence-electron chi connectivity index (χ3n) is 3.29. The first-order chi connectivity index (χ1) is 9.52. The van der Waals surface area contributed by atoms with Gasteiger partial charge in [0.25, 0.3) is 0 Å². The molecule has 0 aliphatic rings. The lowest BCUT2D eigenvalue weighted by Crippen LogP contribution is -2.21. The molecule has 0 aromatic heterocycles. The minimum atomic E-state index is -0.905. The van der Waals surface area contributed by atoms with E-state index in [9.17, 15) is 13.6 Å². The Morgan fingerprint density at radius 1 is 0.850 bits per heavy atom. The summed E-state index contributed by atoms with van der Waals surface area (Å²) in [5.41, 5.74) is 0.438. The van der Waals surface area contributed by atoms with Gasteiger partial charge in [-0.2, -0.15) is 0 Å². The number of halogens is 2. The number of rotatable bonds is 4. The smallest absolute Gasteiger partial charge is 0.147 e. The first kappa shape index (κ1) is 14.4. The second-order valence-corrected chi connectivity index (χ2v) is 5.03. The molecule has 0 saturated heterocycles. The van der Waals surface area contributed by atoms with E-state index in [0.717, 1.165) is 0 Å². The van der Waals surface area contributed by atoms with E-state index in [-0.39, 0.29) is 22.8 Å². The molecule has 0 unspecified atom stereocenters. The number of carbonyl (C=O) groups is 1. The highest BCUT2D eigenvalue weighted by molar-refractivity contribution is 5.90. The van der Waals surface area contributed by atoms with E-state index in [0.29, 0.717) is 0 Å². The Balaban J connectivity index is 2.60. The Kier molecular flexibility index (Phi) is 4.28. The monoisotopic (exact) mass is 274 g/mol. The Morgan fingerprint density at radius 2 is 1.25 bits per heavy atom. The summed E-state index contributed by atoms with van der Waals surface area (Å²) in [6, 6.07) is 12.1. The van der Waals surface area contributed by atoms with Gasteiger partial charge in [-0.15, -0.1) is 0 Å². The van der Waals surface area contributed by atoms with Crippen LogP contribution in [0.25, 0.3) is 0 Å². The normalized spacial score (nSPS) is 11.1. The molecule has 1 nitrogen and oxygen atoms in total. The number of benzene rings is 2. The fourth-order valence-corrected chi connectivity index (χ4v) is 2.23. The number of ketones is 1. The third kappa shape index (κ3) is 2.77. The number of carbonyl (C=O) groups excluding carboxylic acids is 1. The van der Waals surface area contributed by atoms with Crippen LogP contribution < -0.4 is 0 Å². The van der Waals surface area contributed by atoms with E-state index in [2.05, 4.69) is 0 Å². The molecule has 0 fully saturated rings. The van der Waals surface area contributed by atoms with Gasteiger partial charge in [-0.05, 0) is 12.1 Å². The summed E-state index contributed by atoms with van der Waals surface area (Å²) in [6.07, 6.45) is 0.